The number of rotatable bonds is 8. The molecular formula is C14H27NO2. The largest absolute Gasteiger partial charge is 0.381 e. The molecule has 1 saturated carbocycles. The van der Waals surface area contributed by atoms with Gasteiger partial charge in [-0.15, -0.1) is 0 Å². The molecule has 0 aromatic rings. The monoisotopic (exact) mass is 241 g/mol. The van der Waals surface area contributed by atoms with Crippen LogP contribution in [0, 0.1) is 5.41 Å². The molecule has 0 bridgehead atoms. The van der Waals surface area contributed by atoms with E-state index in [0.29, 0.717) is 11.5 Å². The van der Waals surface area contributed by atoms with Gasteiger partial charge in [0.1, 0.15) is 0 Å². The average Bonchev–Trinajstić information content (AvgIpc) is 3.14. The Balaban J connectivity index is 1.57. The molecule has 0 aromatic heterocycles. The lowest BCUT2D eigenvalue weighted by Gasteiger charge is -2.25. The Kier molecular flexibility index (Phi) is 5.26. The van der Waals surface area contributed by atoms with Gasteiger partial charge >= 0.3 is 0 Å². The Morgan fingerprint density at radius 2 is 2.06 bits per heavy atom. The third kappa shape index (κ3) is 4.57. The molecule has 0 spiro atoms. The molecule has 0 atom stereocenters. The summed E-state index contributed by atoms with van der Waals surface area (Å²) >= 11 is 0. The van der Waals surface area contributed by atoms with Crippen LogP contribution in [0.2, 0.25) is 0 Å². The highest BCUT2D eigenvalue weighted by Gasteiger charge is 2.42. The van der Waals surface area contributed by atoms with Crippen LogP contribution in [0.15, 0.2) is 0 Å². The van der Waals surface area contributed by atoms with E-state index in [1.807, 2.05) is 0 Å². The maximum absolute atomic E-state index is 6.05. The van der Waals surface area contributed by atoms with Crippen molar-refractivity contribution < 1.29 is 9.47 Å². The summed E-state index contributed by atoms with van der Waals surface area (Å²) in [5.41, 5.74) is 0.478. The van der Waals surface area contributed by atoms with Crippen molar-refractivity contribution in [3.63, 3.8) is 0 Å². The summed E-state index contributed by atoms with van der Waals surface area (Å²) in [6, 6.07) is 0. The SMILES string of the molecule is CCCCNCC1(COC2CCOCC2)CC1. The molecule has 3 heteroatoms. The van der Waals surface area contributed by atoms with E-state index in [1.165, 1.54) is 25.7 Å². The zero-order valence-corrected chi connectivity index (χ0v) is 11.2. The third-order valence-electron chi connectivity index (χ3n) is 3.96. The Bertz CT molecular complexity index is 210. The topological polar surface area (TPSA) is 30.5 Å². The van der Waals surface area contributed by atoms with E-state index < -0.39 is 0 Å². The Labute approximate surface area is 105 Å². The van der Waals surface area contributed by atoms with Crippen molar-refractivity contribution >= 4 is 0 Å². The molecule has 17 heavy (non-hydrogen) atoms. The van der Waals surface area contributed by atoms with Gasteiger partial charge in [0.15, 0.2) is 0 Å². The first kappa shape index (κ1) is 13.3. The van der Waals surface area contributed by atoms with Crippen molar-refractivity contribution in [1.82, 2.24) is 5.32 Å². The van der Waals surface area contributed by atoms with Crippen LogP contribution in [0.4, 0.5) is 0 Å². The molecule has 0 amide bonds. The summed E-state index contributed by atoms with van der Waals surface area (Å²) in [5, 5.41) is 3.57. The van der Waals surface area contributed by atoms with E-state index in [4.69, 9.17) is 9.47 Å². The molecule has 2 aliphatic rings. The molecule has 2 fully saturated rings. The second-order valence-electron chi connectivity index (χ2n) is 5.65. The summed E-state index contributed by atoms with van der Waals surface area (Å²) in [5.74, 6) is 0. The molecule has 1 N–H and O–H groups in total. The van der Waals surface area contributed by atoms with Crippen LogP contribution in [0.1, 0.15) is 45.4 Å². The molecule has 0 unspecified atom stereocenters. The van der Waals surface area contributed by atoms with Crippen molar-refractivity contribution in [1.29, 1.82) is 0 Å². The van der Waals surface area contributed by atoms with Gasteiger partial charge in [-0.3, -0.25) is 0 Å². The van der Waals surface area contributed by atoms with Crippen LogP contribution in [-0.2, 0) is 9.47 Å². The first-order chi connectivity index (χ1) is 8.35. The predicted molar refractivity (Wildman–Crippen MR) is 69.2 cm³/mol. The first-order valence-corrected chi connectivity index (χ1v) is 7.25. The molecule has 1 aliphatic heterocycles. The predicted octanol–water partition coefficient (Wildman–Crippen LogP) is 2.35. The maximum atomic E-state index is 6.05. The van der Waals surface area contributed by atoms with Crippen LogP contribution in [0.25, 0.3) is 0 Å². The van der Waals surface area contributed by atoms with Gasteiger partial charge in [-0.25, -0.2) is 0 Å². The number of nitrogens with one attached hydrogen (secondary N) is 1. The Hall–Kier alpha value is -0.120. The minimum absolute atomic E-state index is 0.455. The van der Waals surface area contributed by atoms with E-state index in [-0.39, 0.29) is 0 Å². The Morgan fingerprint density at radius 3 is 2.71 bits per heavy atom. The van der Waals surface area contributed by atoms with Crippen LogP contribution in [-0.4, -0.2) is 39.0 Å². The van der Waals surface area contributed by atoms with E-state index >= 15 is 0 Å². The fourth-order valence-electron chi connectivity index (χ4n) is 2.34. The quantitative estimate of drug-likeness (QED) is 0.662. The van der Waals surface area contributed by atoms with Gasteiger partial charge in [-0.2, -0.15) is 0 Å². The number of ether oxygens (including phenoxy) is 2. The third-order valence-corrected chi connectivity index (χ3v) is 3.96. The normalized spacial score (nSPS) is 23.8. The summed E-state index contributed by atoms with van der Waals surface area (Å²) in [4.78, 5) is 0. The lowest BCUT2D eigenvalue weighted by molar-refractivity contribution is -0.0460. The fourth-order valence-corrected chi connectivity index (χ4v) is 2.34. The van der Waals surface area contributed by atoms with Gasteiger partial charge in [-0.1, -0.05) is 13.3 Å². The maximum Gasteiger partial charge on any atom is 0.0619 e. The van der Waals surface area contributed by atoms with Crippen LogP contribution in [0.3, 0.4) is 0 Å². The molecular weight excluding hydrogens is 214 g/mol. The zero-order valence-electron chi connectivity index (χ0n) is 11.2. The second-order valence-corrected chi connectivity index (χ2v) is 5.65. The molecule has 1 saturated heterocycles. The zero-order chi connectivity index (χ0) is 12.0. The van der Waals surface area contributed by atoms with Gasteiger partial charge in [0, 0.05) is 25.2 Å². The molecule has 100 valence electrons. The fraction of sp³-hybridized carbons (Fsp3) is 1.00. The van der Waals surface area contributed by atoms with Gasteiger partial charge in [0.05, 0.1) is 12.7 Å². The van der Waals surface area contributed by atoms with Gasteiger partial charge in [0.25, 0.3) is 0 Å². The highest BCUT2D eigenvalue weighted by atomic mass is 16.5. The van der Waals surface area contributed by atoms with E-state index in [1.54, 1.807) is 0 Å². The standard InChI is InChI=1S/C14H27NO2/c1-2-3-8-15-11-14(6-7-14)12-17-13-4-9-16-10-5-13/h13,15H,2-12H2,1H3. The van der Waals surface area contributed by atoms with Crippen LogP contribution < -0.4 is 5.32 Å². The summed E-state index contributed by atoms with van der Waals surface area (Å²) in [6.45, 7) is 7.27. The lowest BCUT2D eigenvalue weighted by atomic mass is 10.1. The first-order valence-electron chi connectivity index (χ1n) is 7.25. The molecule has 3 nitrogen and oxygen atoms in total. The molecule has 0 radical (unpaired) electrons. The van der Waals surface area contributed by atoms with Crippen LogP contribution in [0.5, 0.6) is 0 Å². The summed E-state index contributed by atoms with van der Waals surface area (Å²) in [6.07, 6.45) is 7.87. The highest BCUT2D eigenvalue weighted by molar-refractivity contribution is 4.95. The van der Waals surface area contributed by atoms with E-state index in [9.17, 15) is 0 Å². The molecule has 1 aliphatic carbocycles. The average molecular weight is 241 g/mol. The summed E-state index contributed by atoms with van der Waals surface area (Å²) < 4.78 is 11.4. The van der Waals surface area contributed by atoms with Crippen molar-refractivity contribution in [2.45, 2.75) is 51.6 Å². The minimum Gasteiger partial charge on any atom is -0.381 e. The van der Waals surface area contributed by atoms with Crippen molar-refractivity contribution in [2.24, 2.45) is 5.41 Å². The number of hydrogen-bond acceptors (Lipinski definition) is 3. The lowest BCUT2D eigenvalue weighted by Crippen LogP contribution is -2.31. The van der Waals surface area contributed by atoms with Crippen LogP contribution >= 0.6 is 0 Å². The summed E-state index contributed by atoms with van der Waals surface area (Å²) in [7, 11) is 0. The Morgan fingerprint density at radius 1 is 1.29 bits per heavy atom. The van der Waals surface area contributed by atoms with Crippen molar-refractivity contribution in [3.05, 3.63) is 0 Å². The number of hydrogen-bond donors (Lipinski definition) is 1. The molecule has 1 heterocycles. The molecule has 2 rings (SSSR count). The molecule has 0 aromatic carbocycles. The van der Waals surface area contributed by atoms with E-state index in [0.717, 1.165) is 45.8 Å². The second kappa shape index (κ2) is 6.72. The van der Waals surface area contributed by atoms with Gasteiger partial charge in [-0.05, 0) is 38.6 Å². The smallest absolute Gasteiger partial charge is 0.0619 e. The van der Waals surface area contributed by atoms with Gasteiger partial charge < -0.3 is 14.8 Å². The minimum atomic E-state index is 0.455. The van der Waals surface area contributed by atoms with Crippen molar-refractivity contribution in [3.8, 4) is 0 Å². The van der Waals surface area contributed by atoms with Gasteiger partial charge in [0.2, 0.25) is 0 Å². The van der Waals surface area contributed by atoms with Crippen molar-refractivity contribution in [2.75, 3.05) is 32.9 Å². The van der Waals surface area contributed by atoms with E-state index in [2.05, 4.69) is 12.2 Å². The highest BCUT2D eigenvalue weighted by Crippen LogP contribution is 2.45. The number of unbranched alkanes of at least 4 members (excludes halogenated alkanes) is 1.